The molecule has 3 rings (SSSR count). The van der Waals surface area contributed by atoms with E-state index >= 15 is 0 Å². The Labute approximate surface area is 103 Å². The van der Waals surface area contributed by atoms with Crippen LogP contribution in [0.4, 0.5) is 5.82 Å². The number of rotatable bonds is 1. The number of anilines is 1. The van der Waals surface area contributed by atoms with Crippen LogP contribution >= 0.6 is 0 Å². The first kappa shape index (κ1) is 10.8. The fraction of sp³-hybridized carbons (Fsp3) is 0.250. The van der Waals surface area contributed by atoms with E-state index in [-0.39, 0.29) is 17.7 Å². The van der Waals surface area contributed by atoms with Crippen molar-refractivity contribution >= 4 is 28.5 Å². The van der Waals surface area contributed by atoms with Crippen LogP contribution in [0.3, 0.4) is 0 Å². The van der Waals surface area contributed by atoms with Gasteiger partial charge in [0.1, 0.15) is 0 Å². The van der Waals surface area contributed by atoms with Gasteiger partial charge in [-0.15, -0.1) is 0 Å². The van der Waals surface area contributed by atoms with Crippen LogP contribution in [-0.2, 0) is 9.59 Å². The lowest BCUT2D eigenvalue weighted by atomic mass is 9.90. The highest BCUT2D eigenvalue weighted by Crippen LogP contribution is 2.28. The summed E-state index contributed by atoms with van der Waals surface area (Å²) in [6.45, 7) is 0. The molecule has 1 aromatic heterocycles. The number of nitrogens with zero attached hydrogens (tertiary/aromatic N) is 1. The third kappa shape index (κ3) is 1.62. The van der Waals surface area contributed by atoms with Crippen LogP contribution in [0.5, 0.6) is 0 Å². The summed E-state index contributed by atoms with van der Waals surface area (Å²) in [4.78, 5) is 22.9. The molecule has 1 aromatic carbocycles. The van der Waals surface area contributed by atoms with Gasteiger partial charge >= 0.3 is 0 Å². The second kappa shape index (κ2) is 3.83. The Hall–Kier alpha value is -2.37. The molecule has 6 heteroatoms. The second-order valence-electron chi connectivity index (χ2n) is 4.42. The molecular formula is C12H12N4O2. The number of fused-ring (bicyclic) bond motifs is 1. The van der Waals surface area contributed by atoms with Gasteiger partial charge in [0.15, 0.2) is 5.82 Å². The van der Waals surface area contributed by atoms with Gasteiger partial charge in [-0.2, -0.15) is 5.10 Å². The van der Waals surface area contributed by atoms with Gasteiger partial charge in [0, 0.05) is 11.8 Å². The van der Waals surface area contributed by atoms with Crippen molar-refractivity contribution in [2.45, 2.75) is 18.8 Å². The number of imide groups is 1. The Kier molecular flexibility index (Phi) is 2.29. The number of aromatic nitrogens is 2. The smallest absolute Gasteiger partial charge is 0.234 e. The molecule has 6 nitrogen and oxygen atoms in total. The molecule has 92 valence electrons. The van der Waals surface area contributed by atoms with Crippen molar-refractivity contribution in [3.05, 3.63) is 23.8 Å². The number of carbonyl (C=O) groups is 2. The summed E-state index contributed by atoms with van der Waals surface area (Å²) < 4.78 is 0. The van der Waals surface area contributed by atoms with Crippen LogP contribution in [0.25, 0.3) is 10.9 Å². The molecule has 1 saturated heterocycles. The summed E-state index contributed by atoms with van der Waals surface area (Å²) in [6.07, 6.45) is 0.916. The Morgan fingerprint density at radius 2 is 2.17 bits per heavy atom. The number of amides is 2. The zero-order chi connectivity index (χ0) is 12.7. The monoisotopic (exact) mass is 244 g/mol. The molecule has 1 unspecified atom stereocenters. The second-order valence-corrected chi connectivity index (χ2v) is 4.42. The number of nitrogens with two attached hydrogens (primary N) is 1. The van der Waals surface area contributed by atoms with E-state index in [1.165, 1.54) is 0 Å². The van der Waals surface area contributed by atoms with Crippen LogP contribution in [0.2, 0.25) is 0 Å². The molecule has 0 bridgehead atoms. The summed E-state index contributed by atoms with van der Waals surface area (Å²) in [5.74, 6) is -0.280. The minimum atomic E-state index is -0.281. The molecular weight excluding hydrogens is 232 g/mol. The van der Waals surface area contributed by atoms with Gasteiger partial charge in [-0.05, 0) is 24.1 Å². The molecule has 0 radical (unpaired) electrons. The number of aromatic amines is 1. The largest absolute Gasteiger partial charge is 0.382 e. The van der Waals surface area contributed by atoms with E-state index in [1.54, 1.807) is 0 Å². The van der Waals surface area contributed by atoms with Crippen molar-refractivity contribution in [2.75, 3.05) is 5.73 Å². The average Bonchev–Trinajstić information content (AvgIpc) is 2.71. The fourth-order valence-electron chi connectivity index (χ4n) is 2.29. The topological polar surface area (TPSA) is 101 Å². The van der Waals surface area contributed by atoms with Gasteiger partial charge < -0.3 is 5.73 Å². The Balaban J connectivity index is 1.99. The number of piperidine rings is 1. The molecule has 1 aliphatic rings. The molecule has 4 N–H and O–H groups in total. The highest BCUT2D eigenvalue weighted by atomic mass is 16.2. The fourth-order valence-corrected chi connectivity index (χ4v) is 2.29. The molecule has 1 atom stereocenters. The lowest BCUT2D eigenvalue weighted by molar-refractivity contribution is -0.134. The lowest BCUT2D eigenvalue weighted by Gasteiger charge is -2.20. The van der Waals surface area contributed by atoms with Gasteiger partial charge in [0.25, 0.3) is 0 Å². The summed E-state index contributed by atoms with van der Waals surface area (Å²) in [5, 5.41) is 9.92. The maximum Gasteiger partial charge on any atom is 0.234 e. The minimum Gasteiger partial charge on any atom is -0.382 e. The molecule has 2 amide bonds. The number of nitrogens with one attached hydrogen (secondary N) is 2. The van der Waals surface area contributed by atoms with Gasteiger partial charge in [0.05, 0.1) is 11.4 Å². The SMILES string of the molecule is Nc1n[nH]c2cc(C3CCC(=O)NC3=O)ccc12. The number of benzene rings is 1. The van der Waals surface area contributed by atoms with Crippen molar-refractivity contribution in [3.8, 4) is 0 Å². The first-order valence-corrected chi connectivity index (χ1v) is 5.72. The number of hydrogen-bond donors (Lipinski definition) is 3. The standard InChI is InChI=1S/C12H12N4O2/c13-11-8-2-1-6(5-9(8)15-16-11)7-3-4-10(17)14-12(7)18/h1-2,5,7H,3-4H2,(H3,13,15,16)(H,14,17,18). The summed E-state index contributed by atoms with van der Waals surface area (Å²) >= 11 is 0. The summed E-state index contributed by atoms with van der Waals surface area (Å²) in [5.41, 5.74) is 7.36. The highest BCUT2D eigenvalue weighted by molar-refractivity contribution is 6.01. The first-order valence-electron chi connectivity index (χ1n) is 5.72. The predicted octanol–water partition coefficient (Wildman–Crippen LogP) is 0.665. The quantitative estimate of drug-likeness (QED) is 0.641. The molecule has 0 spiro atoms. The number of carbonyl (C=O) groups excluding carboxylic acids is 2. The van der Waals surface area contributed by atoms with Crippen molar-refractivity contribution in [2.24, 2.45) is 0 Å². The molecule has 0 saturated carbocycles. The van der Waals surface area contributed by atoms with Crippen LogP contribution in [0.1, 0.15) is 24.3 Å². The van der Waals surface area contributed by atoms with Crippen molar-refractivity contribution in [1.29, 1.82) is 0 Å². The van der Waals surface area contributed by atoms with Gasteiger partial charge in [0.2, 0.25) is 11.8 Å². The third-order valence-electron chi connectivity index (χ3n) is 3.26. The van der Waals surface area contributed by atoms with E-state index in [0.717, 1.165) is 16.5 Å². The van der Waals surface area contributed by atoms with Crippen LogP contribution < -0.4 is 11.1 Å². The van der Waals surface area contributed by atoms with Gasteiger partial charge in [-0.25, -0.2) is 0 Å². The third-order valence-corrected chi connectivity index (χ3v) is 3.26. The molecule has 0 aliphatic carbocycles. The molecule has 2 heterocycles. The van der Waals surface area contributed by atoms with Crippen molar-refractivity contribution in [3.63, 3.8) is 0 Å². The zero-order valence-corrected chi connectivity index (χ0v) is 9.56. The number of nitrogen functional groups attached to an aromatic ring is 1. The van der Waals surface area contributed by atoms with Crippen LogP contribution in [-0.4, -0.2) is 22.0 Å². The molecule has 1 aliphatic heterocycles. The van der Waals surface area contributed by atoms with E-state index in [1.807, 2.05) is 18.2 Å². The van der Waals surface area contributed by atoms with Gasteiger partial charge in [-0.3, -0.25) is 20.0 Å². The normalized spacial score (nSPS) is 20.1. The van der Waals surface area contributed by atoms with Crippen molar-refractivity contribution in [1.82, 2.24) is 15.5 Å². The molecule has 1 fully saturated rings. The van der Waals surface area contributed by atoms with E-state index < -0.39 is 0 Å². The molecule has 18 heavy (non-hydrogen) atoms. The highest BCUT2D eigenvalue weighted by Gasteiger charge is 2.28. The predicted molar refractivity (Wildman–Crippen MR) is 65.6 cm³/mol. The van der Waals surface area contributed by atoms with Crippen LogP contribution in [0.15, 0.2) is 18.2 Å². The van der Waals surface area contributed by atoms with E-state index in [2.05, 4.69) is 15.5 Å². The maximum atomic E-state index is 11.8. The average molecular weight is 244 g/mol. The Bertz CT molecular complexity index is 647. The Morgan fingerprint density at radius 3 is 2.94 bits per heavy atom. The van der Waals surface area contributed by atoms with Crippen molar-refractivity contribution < 1.29 is 9.59 Å². The van der Waals surface area contributed by atoms with Crippen LogP contribution in [0, 0.1) is 0 Å². The number of hydrogen-bond acceptors (Lipinski definition) is 4. The van der Waals surface area contributed by atoms with Gasteiger partial charge in [-0.1, -0.05) is 6.07 Å². The molecule has 2 aromatic rings. The summed E-state index contributed by atoms with van der Waals surface area (Å²) in [6, 6.07) is 5.56. The lowest BCUT2D eigenvalue weighted by Crippen LogP contribution is -2.39. The van der Waals surface area contributed by atoms with E-state index in [9.17, 15) is 9.59 Å². The Morgan fingerprint density at radius 1 is 1.33 bits per heavy atom. The maximum absolute atomic E-state index is 11.8. The summed E-state index contributed by atoms with van der Waals surface area (Å²) in [7, 11) is 0. The minimum absolute atomic E-state index is 0.205. The van der Waals surface area contributed by atoms with E-state index in [4.69, 9.17) is 5.73 Å². The number of H-pyrrole nitrogens is 1. The first-order chi connectivity index (χ1) is 8.65. The zero-order valence-electron chi connectivity index (χ0n) is 9.56. The van der Waals surface area contributed by atoms with E-state index in [0.29, 0.717) is 18.7 Å².